The summed E-state index contributed by atoms with van der Waals surface area (Å²) >= 11 is 0. The van der Waals surface area contributed by atoms with Crippen molar-refractivity contribution in [3.05, 3.63) is 11.6 Å². The number of carbonyl (C=O) groups excluding carboxylic acids is 1. The minimum atomic E-state index is -1.09. The molecule has 0 aromatic rings. The average Bonchev–Trinajstić information content (AvgIpc) is 2.15. The summed E-state index contributed by atoms with van der Waals surface area (Å²) in [4.78, 5) is 31.6. The first-order chi connectivity index (χ1) is 7.43. The number of hydrogen-bond donors (Lipinski definition) is 2. The lowest BCUT2D eigenvalue weighted by Crippen LogP contribution is -2.03. The molecule has 0 saturated carbocycles. The van der Waals surface area contributed by atoms with E-state index in [-0.39, 0.29) is 17.8 Å². The van der Waals surface area contributed by atoms with Crippen molar-refractivity contribution in [3.8, 4) is 0 Å². The van der Waals surface area contributed by atoms with Gasteiger partial charge in [-0.05, 0) is 26.2 Å². The lowest BCUT2D eigenvalue weighted by Gasteiger charge is -2.01. The van der Waals surface area contributed by atoms with Gasteiger partial charge in [0, 0.05) is 12.0 Å². The van der Waals surface area contributed by atoms with Crippen LogP contribution in [0.1, 0.15) is 39.0 Å². The highest BCUT2D eigenvalue weighted by molar-refractivity contribution is 5.87. The predicted molar refractivity (Wildman–Crippen MR) is 57.1 cm³/mol. The molecule has 90 valence electrons. The highest BCUT2D eigenvalue weighted by atomic mass is 16.4. The molecular formula is C11H16O5. The summed E-state index contributed by atoms with van der Waals surface area (Å²) in [5.74, 6) is -2.07. The van der Waals surface area contributed by atoms with Crippen molar-refractivity contribution in [2.24, 2.45) is 0 Å². The molecule has 0 spiro atoms. The van der Waals surface area contributed by atoms with Gasteiger partial charge in [0.2, 0.25) is 0 Å². The lowest BCUT2D eigenvalue weighted by molar-refractivity contribution is -0.136. The van der Waals surface area contributed by atoms with Crippen molar-refractivity contribution in [3.63, 3.8) is 0 Å². The number of hydrogen-bond acceptors (Lipinski definition) is 3. The van der Waals surface area contributed by atoms with Crippen LogP contribution in [0.15, 0.2) is 11.6 Å². The normalized spacial score (nSPS) is 11.2. The van der Waals surface area contributed by atoms with Crippen LogP contribution in [0.25, 0.3) is 0 Å². The first-order valence-electron chi connectivity index (χ1n) is 5.07. The number of ketones is 1. The van der Waals surface area contributed by atoms with Crippen LogP contribution < -0.4 is 0 Å². The van der Waals surface area contributed by atoms with E-state index in [0.29, 0.717) is 25.7 Å². The molecule has 2 N–H and O–H groups in total. The Balaban J connectivity index is 4.04. The Kier molecular flexibility index (Phi) is 6.83. The fraction of sp³-hybridized carbons (Fsp3) is 0.545. The van der Waals surface area contributed by atoms with Crippen molar-refractivity contribution < 1.29 is 24.6 Å². The average molecular weight is 228 g/mol. The number of aliphatic carboxylic acids is 2. The third-order valence-electron chi connectivity index (χ3n) is 2.02. The summed E-state index contributed by atoms with van der Waals surface area (Å²) < 4.78 is 0. The summed E-state index contributed by atoms with van der Waals surface area (Å²) in [7, 11) is 0. The summed E-state index contributed by atoms with van der Waals surface area (Å²) in [6, 6.07) is 0. The smallest absolute Gasteiger partial charge is 0.331 e. The quantitative estimate of drug-likeness (QED) is 0.486. The van der Waals surface area contributed by atoms with Gasteiger partial charge in [0.1, 0.15) is 5.78 Å². The van der Waals surface area contributed by atoms with E-state index in [4.69, 9.17) is 10.2 Å². The summed E-state index contributed by atoms with van der Waals surface area (Å²) in [6.45, 7) is 1.48. The SMILES string of the molecule is CC(=O)CCCCC(=CCC(=O)O)C(=O)O. The maximum absolute atomic E-state index is 10.7. The van der Waals surface area contributed by atoms with Crippen LogP contribution in [0, 0.1) is 0 Å². The zero-order valence-electron chi connectivity index (χ0n) is 9.23. The molecule has 0 aliphatic heterocycles. The van der Waals surface area contributed by atoms with E-state index in [1.165, 1.54) is 13.0 Å². The Morgan fingerprint density at radius 3 is 2.06 bits per heavy atom. The highest BCUT2D eigenvalue weighted by Gasteiger charge is 2.07. The van der Waals surface area contributed by atoms with E-state index >= 15 is 0 Å². The van der Waals surface area contributed by atoms with E-state index in [9.17, 15) is 14.4 Å². The second-order valence-corrected chi connectivity index (χ2v) is 3.54. The van der Waals surface area contributed by atoms with E-state index in [1.54, 1.807) is 0 Å². The number of carboxylic acid groups (broad SMARTS) is 2. The minimum Gasteiger partial charge on any atom is -0.481 e. The molecule has 0 rings (SSSR count). The van der Waals surface area contributed by atoms with Gasteiger partial charge in [-0.2, -0.15) is 0 Å². The zero-order valence-corrected chi connectivity index (χ0v) is 9.23. The largest absolute Gasteiger partial charge is 0.481 e. The number of unbranched alkanes of at least 4 members (excludes halogenated alkanes) is 1. The Morgan fingerprint density at radius 1 is 1.06 bits per heavy atom. The molecule has 0 aromatic carbocycles. The Labute approximate surface area is 93.8 Å². The van der Waals surface area contributed by atoms with Crippen molar-refractivity contribution in [2.45, 2.75) is 39.0 Å². The fourth-order valence-electron chi connectivity index (χ4n) is 1.20. The lowest BCUT2D eigenvalue weighted by atomic mass is 10.1. The molecule has 0 fully saturated rings. The van der Waals surface area contributed by atoms with Gasteiger partial charge in [0.25, 0.3) is 0 Å². The van der Waals surface area contributed by atoms with Crippen LogP contribution >= 0.6 is 0 Å². The molecule has 0 saturated heterocycles. The van der Waals surface area contributed by atoms with Crippen molar-refractivity contribution in [1.29, 1.82) is 0 Å². The van der Waals surface area contributed by atoms with Gasteiger partial charge in [-0.3, -0.25) is 4.79 Å². The number of Topliss-reactive ketones (excluding diaryl/α,β-unsaturated/α-hetero) is 1. The van der Waals surface area contributed by atoms with E-state index in [1.807, 2.05) is 0 Å². The van der Waals surface area contributed by atoms with E-state index in [2.05, 4.69) is 0 Å². The van der Waals surface area contributed by atoms with E-state index in [0.717, 1.165) is 0 Å². The van der Waals surface area contributed by atoms with E-state index < -0.39 is 11.9 Å². The monoisotopic (exact) mass is 228 g/mol. The first-order valence-corrected chi connectivity index (χ1v) is 5.07. The van der Waals surface area contributed by atoms with Gasteiger partial charge in [-0.25, -0.2) is 4.79 Å². The van der Waals surface area contributed by atoms with Crippen LogP contribution in [0.4, 0.5) is 0 Å². The summed E-state index contributed by atoms with van der Waals surface area (Å²) in [5.41, 5.74) is 0.103. The van der Waals surface area contributed by atoms with Gasteiger partial charge >= 0.3 is 11.9 Å². The van der Waals surface area contributed by atoms with Crippen molar-refractivity contribution >= 4 is 17.7 Å². The summed E-state index contributed by atoms with van der Waals surface area (Å²) in [5, 5.41) is 17.2. The third kappa shape index (κ3) is 7.73. The molecule has 0 aromatic heterocycles. The third-order valence-corrected chi connectivity index (χ3v) is 2.02. The number of rotatable bonds is 8. The maximum Gasteiger partial charge on any atom is 0.331 e. The molecular weight excluding hydrogens is 212 g/mol. The second kappa shape index (κ2) is 7.62. The number of carbonyl (C=O) groups is 3. The van der Waals surface area contributed by atoms with Gasteiger partial charge in [-0.1, -0.05) is 6.08 Å². The molecule has 0 amide bonds. The minimum absolute atomic E-state index is 0.0754. The molecule has 0 bridgehead atoms. The molecule has 0 aliphatic rings. The molecule has 0 heterocycles. The van der Waals surface area contributed by atoms with Crippen LogP contribution in [0.3, 0.4) is 0 Å². The first kappa shape index (κ1) is 14.3. The predicted octanol–water partition coefficient (Wildman–Crippen LogP) is 1.62. The fourth-order valence-corrected chi connectivity index (χ4v) is 1.20. The Morgan fingerprint density at radius 2 is 1.62 bits per heavy atom. The van der Waals surface area contributed by atoms with Gasteiger partial charge in [0.05, 0.1) is 6.42 Å². The second-order valence-electron chi connectivity index (χ2n) is 3.54. The van der Waals surface area contributed by atoms with Crippen LogP contribution in [-0.2, 0) is 14.4 Å². The van der Waals surface area contributed by atoms with Crippen LogP contribution in [-0.4, -0.2) is 27.9 Å². The molecule has 0 radical (unpaired) electrons. The van der Waals surface area contributed by atoms with Gasteiger partial charge < -0.3 is 15.0 Å². The molecule has 16 heavy (non-hydrogen) atoms. The molecule has 5 heteroatoms. The standard InChI is InChI=1S/C11H16O5/c1-8(12)4-2-3-5-9(11(15)16)6-7-10(13)14/h6H,2-5,7H2,1H3,(H,13,14)(H,15,16). The highest BCUT2D eigenvalue weighted by Crippen LogP contribution is 2.10. The van der Waals surface area contributed by atoms with Crippen molar-refractivity contribution in [2.75, 3.05) is 0 Å². The Bertz CT molecular complexity index is 303. The molecule has 0 aliphatic carbocycles. The molecule has 5 nitrogen and oxygen atoms in total. The van der Waals surface area contributed by atoms with Crippen LogP contribution in [0.2, 0.25) is 0 Å². The maximum atomic E-state index is 10.7. The van der Waals surface area contributed by atoms with Gasteiger partial charge in [0.15, 0.2) is 0 Å². The van der Waals surface area contributed by atoms with Gasteiger partial charge in [-0.15, -0.1) is 0 Å². The Hall–Kier alpha value is -1.65. The van der Waals surface area contributed by atoms with Crippen LogP contribution in [0.5, 0.6) is 0 Å². The molecule has 0 unspecified atom stereocenters. The zero-order chi connectivity index (χ0) is 12.6. The molecule has 0 atom stereocenters. The summed E-state index contributed by atoms with van der Waals surface area (Å²) in [6.07, 6.45) is 2.87. The topological polar surface area (TPSA) is 91.7 Å². The van der Waals surface area contributed by atoms with Crippen molar-refractivity contribution in [1.82, 2.24) is 0 Å². The number of carboxylic acids is 2.